The molecule has 3 rings (SSSR count). The first kappa shape index (κ1) is 28.8. The van der Waals surface area contributed by atoms with Gasteiger partial charge in [-0.05, 0) is 72.7 Å². The minimum atomic E-state index is -1.07. The maximum absolute atomic E-state index is 12.6. The summed E-state index contributed by atoms with van der Waals surface area (Å²) in [5, 5.41) is 0. The molecule has 0 radical (unpaired) electrons. The van der Waals surface area contributed by atoms with Crippen LogP contribution in [0.3, 0.4) is 0 Å². The van der Waals surface area contributed by atoms with Crippen molar-refractivity contribution in [1.82, 2.24) is 0 Å². The molecule has 39 heavy (non-hydrogen) atoms. The Morgan fingerprint density at radius 2 is 1.44 bits per heavy atom. The second kappa shape index (κ2) is 14.2. The minimum Gasteiger partial charge on any atom is -0.497 e. The number of carbonyl (C=O) groups excluding carboxylic acids is 3. The van der Waals surface area contributed by atoms with Crippen LogP contribution >= 0.6 is 0 Å². The van der Waals surface area contributed by atoms with E-state index in [0.29, 0.717) is 46.8 Å². The predicted molar refractivity (Wildman–Crippen MR) is 148 cm³/mol. The second-order valence-corrected chi connectivity index (χ2v) is 8.68. The van der Waals surface area contributed by atoms with E-state index in [1.54, 1.807) is 61.7 Å². The molecule has 3 aromatic rings. The number of rotatable bonds is 12. The summed E-state index contributed by atoms with van der Waals surface area (Å²) in [5.74, 6) is -0.883. The van der Waals surface area contributed by atoms with Gasteiger partial charge < -0.3 is 30.4 Å². The Hall–Kier alpha value is -4.79. The number of nitrogens with two attached hydrogens (primary N) is 2. The highest BCUT2D eigenvalue weighted by atomic mass is 16.7. The number of esters is 3. The van der Waals surface area contributed by atoms with Crippen LogP contribution in [0.4, 0.5) is 11.4 Å². The molecule has 0 amide bonds. The minimum absolute atomic E-state index is 0.173. The number of benzene rings is 3. The van der Waals surface area contributed by atoms with Crippen molar-refractivity contribution in [3.05, 3.63) is 89.5 Å². The van der Waals surface area contributed by atoms with Gasteiger partial charge >= 0.3 is 17.9 Å². The maximum Gasteiger partial charge on any atom is 0.343 e. The van der Waals surface area contributed by atoms with Gasteiger partial charge in [-0.2, -0.15) is 0 Å². The van der Waals surface area contributed by atoms with E-state index in [0.717, 1.165) is 12.8 Å². The van der Waals surface area contributed by atoms with E-state index < -0.39 is 24.2 Å². The normalized spacial score (nSPS) is 11.5. The van der Waals surface area contributed by atoms with Crippen LogP contribution in [0.25, 0.3) is 6.08 Å². The Morgan fingerprint density at radius 1 is 0.795 bits per heavy atom. The van der Waals surface area contributed by atoms with Crippen molar-refractivity contribution in [3.8, 4) is 11.5 Å². The summed E-state index contributed by atoms with van der Waals surface area (Å²) in [7, 11) is 1.55. The highest BCUT2D eigenvalue weighted by molar-refractivity contribution is 5.92. The number of hydrogen-bond acceptors (Lipinski definition) is 9. The number of methoxy groups -OCH3 is 1. The lowest BCUT2D eigenvalue weighted by Gasteiger charge is -2.18. The Kier molecular flexibility index (Phi) is 10.5. The molecule has 0 aliphatic carbocycles. The van der Waals surface area contributed by atoms with Crippen LogP contribution in [0.2, 0.25) is 0 Å². The fourth-order valence-electron chi connectivity index (χ4n) is 3.56. The lowest BCUT2D eigenvalue weighted by molar-refractivity contribution is -0.163. The third-order valence-electron chi connectivity index (χ3n) is 5.57. The molecule has 9 heteroatoms. The van der Waals surface area contributed by atoms with Gasteiger partial charge in [0.15, 0.2) is 0 Å². The van der Waals surface area contributed by atoms with Crippen molar-refractivity contribution in [2.75, 3.05) is 18.6 Å². The fraction of sp³-hybridized carbons (Fsp3) is 0.233. The van der Waals surface area contributed by atoms with E-state index >= 15 is 0 Å². The van der Waals surface area contributed by atoms with Gasteiger partial charge in [0.05, 0.1) is 18.2 Å². The number of unbranched alkanes of at least 4 members (excludes halogenated alkanes) is 2. The summed E-state index contributed by atoms with van der Waals surface area (Å²) in [6.07, 6.45) is 4.61. The van der Waals surface area contributed by atoms with E-state index in [1.807, 2.05) is 6.92 Å². The highest BCUT2D eigenvalue weighted by Crippen LogP contribution is 2.19. The first-order valence-corrected chi connectivity index (χ1v) is 12.5. The lowest BCUT2D eigenvalue weighted by Crippen LogP contribution is -2.24. The van der Waals surface area contributed by atoms with Gasteiger partial charge in [-0.15, -0.1) is 0 Å². The standard InChI is InChI=1S/C30H32N2O7/c1-3-4-5-6-28(39-30(35)22-17-23(31)19-24(32)18-22)38-27(33)16-9-20-7-12-26(13-8-20)37-29(34)21-10-14-25(36-2)15-11-21/h7-19,28H,3-6,31-32H2,1-2H3/b16-9+. The van der Waals surface area contributed by atoms with Crippen LogP contribution in [0.5, 0.6) is 11.5 Å². The number of ether oxygens (including phenoxy) is 4. The molecular formula is C30H32N2O7. The first-order chi connectivity index (χ1) is 18.8. The van der Waals surface area contributed by atoms with E-state index in [4.69, 9.17) is 30.4 Å². The van der Waals surface area contributed by atoms with Gasteiger partial charge in [-0.25, -0.2) is 14.4 Å². The Labute approximate surface area is 227 Å². The van der Waals surface area contributed by atoms with E-state index in [2.05, 4.69) is 0 Å². The summed E-state index contributed by atoms with van der Waals surface area (Å²) in [5.41, 5.74) is 13.4. The summed E-state index contributed by atoms with van der Waals surface area (Å²) in [4.78, 5) is 37.4. The molecule has 0 heterocycles. The highest BCUT2D eigenvalue weighted by Gasteiger charge is 2.20. The van der Waals surface area contributed by atoms with Crippen LogP contribution < -0.4 is 20.9 Å². The monoisotopic (exact) mass is 532 g/mol. The Balaban J connectivity index is 1.58. The van der Waals surface area contributed by atoms with Gasteiger partial charge in [0.2, 0.25) is 6.29 Å². The third-order valence-corrected chi connectivity index (χ3v) is 5.57. The molecule has 0 aliphatic heterocycles. The molecule has 0 saturated heterocycles. The van der Waals surface area contributed by atoms with Crippen LogP contribution in [-0.2, 0) is 14.3 Å². The molecule has 1 unspecified atom stereocenters. The van der Waals surface area contributed by atoms with Crippen molar-refractivity contribution in [2.45, 2.75) is 38.9 Å². The maximum atomic E-state index is 12.6. The summed E-state index contributed by atoms with van der Waals surface area (Å²) >= 11 is 0. The van der Waals surface area contributed by atoms with E-state index in [1.165, 1.54) is 24.3 Å². The van der Waals surface area contributed by atoms with E-state index in [9.17, 15) is 14.4 Å². The molecular weight excluding hydrogens is 500 g/mol. The number of anilines is 2. The zero-order valence-electron chi connectivity index (χ0n) is 21.9. The summed E-state index contributed by atoms with van der Waals surface area (Å²) in [6, 6.07) is 17.6. The zero-order valence-corrected chi connectivity index (χ0v) is 21.9. The van der Waals surface area contributed by atoms with Crippen molar-refractivity contribution in [2.24, 2.45) is 0 Å². The quantitative estimate of drug-likeness (QED) is 0.0783. The molecule has 204 valence electrons. The third kappa shape index (κ3) is 9.23. The van der Waals surface area contributed by atoms with Gasteiger partial charge in [0, 0.05) is 23.9 Å². The van der Waals surface area contributed by atoms with Gasteiger partial charge in [-0.1, -0.05) is 31.9 Å². The predicted octanol–water partition coefficient (Wildman–Crippen LogP) is 5.40. The van der Waals surface area contributed by atoms with E-state index in [-0.39, 0.29) is 5.56 Å². The molecule has 0 aliphatic rings. The topological polar surface area (TPSA) is 140 Å². The Bertz CT molecular complexity index is 1280. The summed E-state index contributed by atoms with van der Waals surface area (Å²) in [6.45, 7) is 2.04. The SMILES string of the molecule is CCCCCC(OC(=O)/C=C/c1ccc(OC(=O)c2ccc(OC)cc2)cc1)OC(=O)c1cc(N)cc(N)c1. The molecule has 3 aromatic carbocycles. The fourth-order valence-corrected chi connectivity index (χ4v) is 3.56. The van der Waals surface area contributed by atoms with Crippen molar-refractivity contribution < 1.29 is 33.3 Å². The molecule has 0 spiro atoms. The van der Waals surface area contributed by atoms with Crippen molar-refractivity contribution in [1.29, 1.82) is 0 Å². The van der Waals surface area contributed by atoms with Crippen LogP contribution in [-0.4, -0.2) is 31.3 Å². The average Bonchev–Trinajstić information content (AvgIpc) is 2.92. The van der Waals surface area contributed by atoms with Crippen molar-refractivity contribution in [3.63, 3.8) is 0 Å². The first-order valence-electron chi connectivity index (χ1n) is 12.5. The van der Waals surface area contributed by atoms with Crippen LogP contribution in [0.15, 0.2) is 72.8 Å². The van der Waals surface area contributed by atoms with Gasteiger partial charge in [0.1, 0.15) is 11.5 Å². The average molecular weight is 533 g/mol. The number of nitrogen functional groups attached to an aromatic ring is 2. The van der Waals surface area contributed by atoms with Gasteiger partial charge in [-0.3, -0.25) is 0 Å². The molecule has 0 fully saturated rings. The molecule has 1 atom stereocenters. The molecule has 0 aromatic heterocycles. The molecule has 9 nitrogen and oxygen atoms in total. The number of hydrogen-bond donors (Lipinski definition) is 2. The number of carbonyl (C=O) groups is 3. The van der Waals surface area contributed by atoms with Gasteiger partial charge in [0.25, 0.3) is 0 Å². The summed E-state index contributed by atoms with van der Waals surface area (Å²) < 4.78 is 21.3. The second-order valence-electron chi connectivity index (χ2n) is 8.68. The zero-order chi connectivity index (χ0) is 28.2. The van der Waals surface area contributed by atoms with Crippen molar-refractivity contribution >= 4 is 35.4 Å². The molecule has 0 bridgehead atoms. The van der Waals surface area contributed by atoms with Crippen LogP contribution in [0, 0.1) is 0 Å². The van der Waals surface area contributed by atoms with Crippen LogP contribution in [0.1, 0.15) is 58.9 Å². The largest absolute Gasteiger partial charge is 0.497 e. The molecule has 4 N–H and O–H groups in total. The Morgan fingerprint density at radius 3 is 2.05 bits per heavy atom. The smallest absolute Gasteiger partial charge is 0.343 e. The lowest BCUT2D eigenvalue weighted by atomic mass is 10.1. The molecule has 0 saturated carbocycles.